The zero-order valence-electron chi connectivity index (χ0n) is 11.5. The molecule has 19 heavy (non-hydrogen) atoms. The number of nitrogens with one attached hydrogen (secondary N) is 1. The Hall–Kier alpha value is -1.96. The third-order valence-electron chi connectivity index (χ3n) is 2.50. The van der Waals surface area contributed by atoms with Gasteiger partial charge in [-0.25, -0.2) is 0 Å². The maximum Gasteiger partial charge on any atom is 0.295 e. The van der Waals surface area contributed by atoms with Crippen LogP contribution in [-0.2, 0) is 4.74 Å². The Bertz CT molecular complexity index is 541. The van der Waals surface area contributed by atoms with Gasteiger partial charge in [0.25, 0.3) is 5.89 Å². The summed E-state index contributed by atoms with van der Waals surface area (Å²) in [5.74, 6) is 1.21. The van der Waals surface area contributed by atoms with E-state index < -0.39 is 0 Å². The Kier molecular flexibility index (Phi) is 3.52. The summed E-state index contributed by atoms with van der Waals surface area (Å²) in [6.45, 7) is 8.65. The third-order valence-corrected chi connectivity index (χ3v) is 2.50. The number of hydrogen-bond donors (Lipinski definition) is 2. The highest BCUT2D eigenvalue weighted by atomic mass is 16.5. The van der Waals surface area contributed by atoms with Crippen LogP contribution in [0.25, 0.3) is 11.7 Å². The minimum atomic E-state index is -0.254. The number of rotatable bonds is 4. The van der Waals surface area contributed by atoms with Crippen molar-refractivity contribution in [3.05, 3.63) is 5.82 Å². The van der Waals surface area contributed by atoms with E-state index >= 15 is 0 Å². The molecule has 0 bridgehead atoms. The fourth-order valence-electron chi connectivity index (χ4n) is 1.69. The smallest absolute Gasteiger partial charge is 0.295 e. The highest BCUT2D eigenvalue weighted by Crippen LogP contribution is 2.34. The molecular weight excluding hydrogens is 248 g/mol. The zero-order valence-corrected chi connectivity index (χ0v) is 11.5. The Labute approximate surface area is 110 Å². The number of ether oxygens (including phenoxy) is 1. The maximum atomic E-state index is 5.69. The van der Waals surface area contributed by atoms with Crippen LogP contribution in [0.2, 0.25) is 0 Å². The normalized spacial score (nSPS) is 13.7. The second-order valence-electron chi connectivity index (χ2n) is 5.20. The molecule has 0 aliphatic rings. The van der Waals surface area contributed by atoms with E-state index in [4.69, 9.17) is 15.0 Å². The Morgan fingerprint density at radius 3 is 2.63 bits per heavy atom. The van der Waals surface area contributed by atoms with E-state index in [0.717, 1.165) is 0 Å². The number of nitrogens with two attached hydrogens (primary N) is 1. The molecule has 0 amide bonds. The lowest BCUT2D eigenvalue weighted by molar-refractivity contribution is -0.0203. The van der Waals surface area contributed by atoms with E-state index in [1.54, 1.807) is 0 Å². The van der Waals surface area contributed by atoms with Crippen molar-refractivity contribution < 1.29 is 9.26 Å². The van der Waals surface area contributed by atoms with Crippen LogP contribution in [0.3, 0.4) is 0 Å². The molecule has 2 rings (SSSR count). The van der Waals surface area contributed by atoms with Gasteiger partial charge in [-0.15, -0.1) is 5.10 Å². The first-order chi connectivity index (χ1) is 8.91. The molecule has 8 heteroatoms. The van der Waals surface area contributed by atoms with Gasteiger partial charge in [0.1, 0.15) is 6.10 Å². The fourth-order valence-corrected chi connectivity index (χ4v) is 1.69. The van der Waals surface area contributed by atoms with E-state index in [0.29, 0.717) is 18.3 Å². The van der Waals surface area contributed by atoms with Crippen LogP contribution >= 0.6 is 0 Å². The van der Waals surface area contributed by atoms with Crippen LogP contribution in [0.15, 0.2) is 4.52 Å². The van der Waals surface area contributed by atoms with Gasteiger partial charge in [0.05, 0.1) is 0 Å². The van der Waals surface area contributed by atoms with Gasteiger partial charge in [0.15, 0.2) is 0 Å². The van der Waals surface area contributed by atoms with E-state index in [-0.39, 0.29) is 23.4 Å². The van der Waals surface area contributed by atoms with E-state index in [1.165, 1.54) is 0 Å². The molecule has 2 aromatic heterocycles. The van der Waals surface area contributed by atoms with Crippen LogP contribution < -0.4 is 5.73 Å². The molecule has 0 radical (unpaired) electrons. The average molecular weight is 266 g/mol. The van der Waals surface area contributed by atoms with E-state index in [1.807, 2.05) is 6.92 Å². The highest BCUT2D eigenvalue weighted by Gasteiger charge is 2.31. The van der Waals surface area contributed by atoms with Gasteiger partial charge in [0.2, 0.25) is 17.6 Å². The third kappa shape index (κ3) is 2.90. The minimum absolute atomic E-state index is 0.131. The first-order valence-corrected chi connectivity index (χ1v) is 6.05. The molecule has 3 N–H and O–H groups in total. The molecule has 1 atom stereocenters. The molecular formula is C11H18N6O2. The molecule has 0 aliphatic heterocycles. The Morgan fingerprint density at radius 1 is 1.37 bits per heavy atom. The van der Waals surface area contributed by atoms with Crippen LogP contribution in [-0.4, -0.2) is 31.9 Å². The topological polar surface area (TPSA) is 116 Å². The van der Waals surface area contributed by atoms with Crippen molar-refractivity contribution in [2.45, 2.75) is 33.8 Å². The molecule has 0 saturated heterocycles. The largest absolute Gasteiger partial charge is 0.370 e. The molecule has 1 unspecified atom stereocenters. The molecule has 0 aliphatic carbocycles. The van der Waals surface area contributed by atoms with E-state index in [2.05, 4.69) is 46.1 Å². The summed E-state index contributed by atoms with van der Waals surface area (Å²) < 4.78 is 10.8. The van der Waals surface area contributed by atoms with Crippen LogP contribution in [0, 0.1) is 5.41 Å². The average Bonchev–Trinajstić information content (AvgIpc) is 2.92. The Morgan fingerprint density at radius 2 is 2.11 bits per heavy atom. The zero-order chi connectivity index (χ0) is 14.0. The van der Waals surface area contributed by atoms with Gasteiger partial charge < -0.3 is 15.0 Å². The lowest BCUT2D eigenvalue weighted by Gasteiger charge is -2.27. The molecule has 2 aromatic rings. The standard InChI is InChI=1S/C11H18N6O2/c1-5-18-6(11(2,3)4)7-13-9(19-17-7)8-14-10(12)16-15-8/h6H,5H2,1-4H3,(H3,12,14,15,16). The molecule has 0 fully saturated rings. The number of aromatic nitrogens is 5. The SMILES string of the molecule is CCOC(c1noc(-c2nc(N)n[nH]2)n1)C(C)(C)C. The lowest BCUT2D eigenvalue weighted by atomic mass is 9.88. The maximum absolute atomic E-state index is 5.69. The number of aromatic amines is 1. The number of nitrogen functional groups attached to an aromatic ring is 1. The van der Waals surface area contributed by atoms with Crippen molar-refractivity contribution in [3.63, 3.8) is 0 Å². The van der Waals surface area contributed by atoms with Crippen molar-refractivity contribution >= 4 is 5.95 Å². The van der Waals surface area contributed by atoms with Crippen LogP contribution in [0.4, 0.5) is 5.95 Å². The molecule has 0 spiro atoms. The van der Waals surface area contributed by atoms with Crippen molar-refractivity contribution in [3.8, 4) is 11.7 Å². The second-order valence-corrected chi connectivity index (χ2v) is 5.20. The summed E-state index contributed by atoms with van der Waals surface area (Å²) in [4.78, 5) is 8.22. The van der Waals surface area contributed by atoms with Crippen molar-refractivity contribution in [1.29, 1.82) is 0 Å². The van der Waals surface area contributed by atoms with Gasteiger partial charge in [-0.05, 0) is 12.3 Å². The number of anilines is 1. The lowest BCUT2D eigenvalue weighted by Crippen LogP contribution is -2.22. The van der Waals surface area contributed by atoms with Crippen molar-refractivity contribution in [2.24, 2.45) is 5.41 Å². The number of hydrogen-bond acceptors (Lipinski definition) is 7. The molecule has 0 saturated carbocycles. The number of nitrogens with zero attached hydrogens (tertiary/aromatic N) is 4. The summed E-state index contributed by atoms with van der Waals surface area (Å²) in [6.07, 6.45) is -0.254. The van der Waals surface area contributed by atoms with Gasteiger partial charge in [0, 0.05) is 6.61 Å². The van der Waals surface area contributed by atoms with Gasteiger partial charge in [-0.2, -0.15) is 9.97 Å². The quantitative estimate of drug-likeness (QED) is 0.862. The predicted molar refractivity (Wildman–Crippen MR) is 67.9 cm³/mol. The van der Waals surface area contributed by atoms with Gasteiger partial charge in [-0.1, -0.05) is 25.9 Å². The summed E-state index contributed by atoms with van der Waals surface area (Å²) in [5.41, 5.74) is 5.29. The van der Waals surface area contributed by atoms with Crippen molar-refractivity contribution in [1.82, 2.24) is 25.3 Å². The monoisotopic (exact) mass is 266 g/mol. The summed E-state index contributed by atoms with van der Waals surface area (Å²) >= 11 is 0. The Balaban J connectivity index is 2.28. The first-order valence-electron chi connectivity index (χ1n) is 6.05. The summed E-state index contributed by atoms with van der Waals surface area (Å²) in [6, 6.07) is 0. The van der Waals surface area contributed by atoms with Crippen LogP contribution in [0.5, 0.6) is 0 Å². The summed E-state index contributed by atoms with van der Waals surface area (Å²) in [5, 5.41) is 10.3. The molecule has 104 valence electrons. The summed E-state index contributed by atoms with van der Waals surface area (Å²) in [7, 11) is 0. The minimum Gasteiger partial charge on any atom is -0.370 e. The predicted octanol–water partition coefficient (Wildman–Crippen LogP) is 1.56. The number of H-pyrrole nitrogens is 1. The van der Waals surface area contributed by atoms with Gasteiger partial charge in [-0.3, -0.25) is 5.10 Å². The first kappa shape index (κ1) is 13.5. The molecule has 8 nitrogen and oxygen atoms in total. The van der Waals surface area contributed by atoms with Crippen molar-refractivity contribution in [2.75, 3.05) is 12.3 Å². The molecule has 2 heterocycles. The molecule has 0 aromatic carbocycles. The second kappa shape index (κ2) is 4.96. The fraction of sp³-hybridized carbons (Fsp3) is 0.636. The van der Waals surface area contributed by atoms with Gasteiger partial charge >= 0.3 is 0 Å². The van der Waals surface area contributed by atoms with E-state index in [9.17, 15) is 0 Å². The highest BCUT2D eigenvalue weighted by molar-refractivity contribution is 5.41. The van der Waals surface area contributed by atoms with Crippen LogP contribution in [0.1, 0.15) is 39.6 Å².